The maximum atomic E-state index is 12.7. The standard InChI is InChI=1S/C27H24BrN3O4/c1-17-4-10-24(18(2)12-17)31-26(32)16-35-25-11-5-21(28)14-19(25)13-20(15-29)27(33)30-22-6-8-23(34-3)9-7-22/h4-14H,16H2,1-3H3,(H,30,33)(H,31,32)/b20-13-. The van der Waals surface area contributed by atoms with Gasteiger partial charge in [0, 0.05) is 21.4 Å². The molecule has 178 valence electrons. The number of aryl methyl sites for hydroxylation is 2. The lowest BCUT2D eigenvalue weighted by atomic mass is 10.1. The highest BCUT2D eigenvalue weighted by atomic mass is 79.9. The molecule has 0 atom stereocenters. The van der Waals surface area contributed by atoms with Crippen molar-refractivity contribution in [2.45, 2.75) is 13.8 Å². The van der Waals surface area contributed by atoms with Gasteiger partial charge in [0.2, 0.25) is 0 Å². The summed E-state index contributed by atoms with van der Waals surface area (Å²) >= 11 is 3.39. The van der Waals surface area contributed by atoms with Crippen LogP contribution in [0.2, 0.25) is 0 Å². The molecule has 0 heterocycles. The van der Waals surface area contributed by atoms with E-state index in [9.17, 15) is 14.9 Å². The molecule has 0 aliphatic heterocycles. The van der Waals surface area contributed by atoms with E-state index in [0.29, 0.717) is 28.4 Å². The Bertz CT molecular complexity index is 1310. The van der Waals surface area contributed by atoms with Crippen LogP contribution < -0.4 is 20.1 Å². The lowest BCUT2D eigenvalue weighted by Gasteiger charge is -2.12. The number of amides is 2. The van der Waals surface area contributed by atoms with E-state index in [4.69, 9.17) is 9.47 Å². The van der Waals surface area contributed by atoms with Crippen molar-refractivity contribution in [1.29, 1.82) is 5.26 Å². The molecule has 3 rings (SSSR count). The van der Waals surface area contributed by atoms with E-state index in [-0.39, 0.29) is 18.1 Å². The van der Waals surface area contributed by atoms with Gasteiger partial charge >= 0.3 is 0 Å². The summed E-state index contributed by atoms with van der Waals surface area (Å²) in [7, 11) is 1.55. The van der Waals surface area contributed by atoms with Crippen LogP contribution in [0.4, 0.5) is 11.4 Å². The summed E-state index contributed by atoms with van der Waals surface area (Å²) in [6.45, 7) is 3.66. The number of nitriles is 1. The quantitative estimate of drug-likeness (QED) is 0.288. The number of carbonyl (C=O) groups excluding carboxylic acids is 2. The van der Waals surface area contributed by atoms with Crippen molar-refractivity contribution >= 4 is 45.2 Å². The van der Waals surface area contributed by atoms with Crippen LogP contribution in [-0.2, 0) is 9.59 Å². The lowest BCUT2D eigenvalue weighted by molar-refractivity contribution is -0.118. The second-order valence-electron chi connectivity index (χ2n) is 7.69. The van der Waals surface area contributed by atoms with Gasteiger partial charge in [-0.25, -0.2) is 0 Å². The van der Waals surface area contributed by atoms with E-state index in [1.54, 1.807) is 49.6 Å². The van der Waals surface area contributed by atoms with Gasteiger partial charge in [-0.15, -0.1) is 0 Å². The zero-order valence-electron chi connectivity index (χ0n) is 19.5. The number of methoxy groups -OCH3 is 1. The lowest BCUT2D eigenvalue weighted by Crippen LogP contribution is -2.21. The predicted molar refractivity (Wildman–Crippen MR) is 139 cm³/mol. The van der Waals surface area contributed by atoms with Crippen LogP contribution in [0.15, 0.2) is 70.7 Å². The van der Waals surface area contributed by atoms with E-state index in [1.807, 2.05) is 38.1 Å². The average Bonchev–Trinajstić information content (AvgIpc) is 2.84. The van der Waals surface area contributed by atoms with Gasteiger partial charge in [0.15, 0.2) is 6.61 Å². The fourth-order valence-corrected chi connectivity index (χ4v) is 3.60. The summed E-state index contributed by atoms with van der Waals surface area (Å²) in [5.41, 5.74) is 3.64. The highest BCUT2D eigenvalue weighted by Gasteiger charge is 2.13. The molecule has 35 heavy (non-hydrogen) atoms. The van der Waals surface area contributed by atoms with Crippen LogP contribution in [0.5, 0.6) is 11.5 Å². The molecule has 0 fully saturated rings. The van der Waals surface area contributed by atoms with Crippen LogP contribution in [0.1, 0.15) is 16.7 Å². The molecule has 0 saturated heterocycles. The van der Waals surface area contributed by atoms with Gasteiger partial charge in [-0.05, 0) is 74.0 Å². The van der Waals surface area contributed by atoms with Gasteiger partial charge in [0.1, 0.15) is 23.1 Å². The molecule has 0 saturated carbocycles. The summed E-state index contributed by atoms with van der Waals surface area (Å²) in [5.74, 6) is 0.106. The first-order valence-corrected chi connectivity index (χ1v) is 11.4. The summed E-state index contributed by atoms with van der Waals surface area (Å²) < 4.78 is 11.6. The zero-order valence-corrected chi connectivity index (χ0v) is 21.1. The maximum Gasteiger partial charge on any atom is 0.266 e. The zero-order chi connectivity index (χ0) is 25.4. The number of nitrogens with one attached hydrogen (secondary N) is 2. The third-order valence-electron chi connectivity index (χ3n) is 5.00. The molecule has 0 unspecified atom stereocenters. The number of rotatable bonds is 8. The molecular weight excluding hydrogens is 510 g/mol. The molecule has 2 amide bonds. The van der Waals surface area contributed by atoms with Gasteiger partial charge in [-0.1, -0.05) is 33.6 Å². The fraction of sp³-hybridized carbons (Fsp3) is 0.148. The minimum absolute atomic E-state index is 0.122. The molecular formula is C27H24BrN3O4. The molecule has 0 aromatic heterocycles. The molecule has 0 aliphatic rings. The summed E-state index contributed by atoms with van der Waals surface area (Å²) in [5, 5.41) is 15.1. The Hall–Kier alpha value is -4.09. The SMILES string of the molecule is COc1ccc(NC(=O)/C(C#N)=C\c2cc(Br)ccc2OCC(=O)Nc2ccc(C)cc2C)cc1. The van der Waals surface area contributed by atoms with Crippen LogP contribution in [0.25, 0.3) is 6.08 Å². The Morgan fingerprint density at radius 2 is 1.77 bits per heavy atom. The Labute approximate surface area is 212 Å². The first-order valence-electron chi connectivity index (χ1n) is 10.7. The second kappa shape index (κ2) is 11.9. The first-order chi connectivity index (χ1) is 16.8. The number of halogens is 1. The monoisotopic (exact) mass is 533 g/mol. The number of anilines is 2. The van der Waals surface area contributed by atoms with Crippen molar-refractivity contribution in [1.82, 2.24) is 0 Å². The Morgan fingerprint density at radius 3 is 2.43 bits per heavy atom. The molecule has 8 heteroatoms. The number of carbonyl (C=O) groups is 2. The average molecular weight is 534 g/mol. The molecule has 0 radical (unpaired) electrons. The minimum Gasteiger partial charge on any atom is -0.497 e. The predicted octanol–water partition coefficient (Wildman–Crippen LogP) is 5.64. The van der Waals surface area contributed by atoms with Gasteiger partial charge < -0.3 is 20.1 Å². The van der Waals surface area contributed by atoms with E-state index in [1.165, 1.54) is 6.08 Å². The third-order valence-corrected chi connectivity index (χ3v) is 5.49. The van der Waals surface area contributed by atoms with Gasteiger partial charge in [-0.2, -0.15) is 5.26 Å². The van der Waals surface area contributed by atoms with Gasteiger partial charge in [0.25, 0.3) is 11.8 Å². The topological polar surface area (TPSA) is 100 Å². The molecule has 0 aliphatic carbocycles. The first kappa shape index (κ1) is 25.5. The summed E-state index contributed by atoms with van der Waals surface area (Å²) in [6, 6.07) is 19.5. The molecule has 2 N–H and O–H groups in total. The minimum atomic E-state index is -0.573. The van der Waals surface area contributed by atoms with Crippen molar-refractivity contribution in [3.05, 3.63) is 87.4 Å². The Morgan fingerprint density at radius 1 is 1.03 bits per heavy atom. The molecule has 0 bridgehead atoms. The van der Waals surface area contributed by atoms with Crippen molar-refractivity contribution in [2.75, 3.05) is 24.4 Å². The van der Waals surface area contributed by atoms with Crippen LogP contribution in [-0.4, -0.2) is 25.5 Å². The highest BCUT2D eigenvalue weighted by molar-refractivity contribution is 9.10. The van der Waals surface area contributed by atoms with Gasteiger partial charge in [-0.3, -0.25) is 9.59 Å². The smallest absolute Gasteiger partial charge is 0.266 e. The van der Waals surface area contributed by atoms with Crippen molar-refractivity contribution < 1.29 is 19.1 Å². The number of nitrogens with zero attached hydrogens (tertiary/aromatic N) is 1. The Kier molecular flexibility index (Phi) is 8.65. The number of ether oxygens (including phenoxy) is 2. The molecule has 0 spiro atoms. The fourth-order valence-electron chi connectivity index (χ4n) is 3.22. The second-order valence-corrected chi connectivity index (χ2v) is 8.61. The third kappa shape index (κ3) is 7.19. The summed E-state index contributed by atoms with van der Waals surface area (Å²) in [6.07, 6.45) is 1.42. The maximum absolute atomic E-state index is 12.7. The van der Waals surface area contributed by atoms with E-state index in [2.05, 4.69) is 26.6 Å². The van der Waals surface area contributed by atoms with E-state index < -0.39 is 5.91 Å². The highest BCUT2D eigenvalue weighted by Crippen LogP contribution is 2.26. The number of benzene rings is 3. The molecule has 3 aromatic rings. The molecule has 3 aromatic carbocycles. The van der Waals surface area contributed by atoms with Crippen LogP contribution >= 0.6 is 15.9 Å². The normalized spacial score (nSPS) is 10.8. The van der Waals surface area contributed by atoms with Crippen molar-refractivity contribution in [2.24, 2.45) is 0 Å². The van der Waals surface area contributed by atoms with Crippen LogP contribution in [0.3, 0.4) is 0 Å². The van der Waals surface area contributed by atoms with Gasteiger partial charge in [0.05, 0.1) is 7.11 Å². The molecule has 7 nitrogen and oxygen atoms in total. The van der Waals surface area contributed by atoms with Crippen molar-refractivity contribution in [3.63, 3.8) is 0 Å². The van der Waals surface area contributed by atoms with E-state index in [0.717, 1.165) is 15.6 Å². The van der Waals surface area contributed by atoms with Crippen LogP contribution in [0, 0.1) is 25.2 Å². The number of hydrogen-bond donors (Lipinski definition) is 2. The van der Waals surface area contributed by atoms with E-state index >= 15 is 0 Å². The number of hydrogen-bond acceptors (Lipinski definition) is 5. The largest absolute Gasteiger partial charge is 0.497 e. The summed E-state index contributed by atoms with van der Waals surface area (Å²) in [4.78, 5) is 25.1. The Balaban J connectivity index is 1.73. The van der Waals surface area contributed by atoms with Crippen molar-refractivity contribution in [3.8, 4) is 17.6 Å².